The van der Waals surface area contributed by atoms with E-state index in [-0.39, 0.29) is 19.2 Å². The van der Waals surface area contributed by atoms with Crippen LogP contribution in [-0.4, -0.2) is 13.9 Å². The van der Waals surface area contributed by atoms with E-state index in [0.29, 0.717) is 0 Å². The minimum Gasteiger partial charge on any atom is -0.376 e. The fourth-order valence-electron chi connectivity index (χ4n) is 0.650. The van der Waals surface area contributed by atoms with Crippen LogP contribution in [0.5, 0.6) is 5.75 Å². The van der Waals surface area contributed by atoms with Crippen LogP contribution in [0.3, 0.4) is 0 Å². The van der Waals surface area contributed by atoms with Crippen molar-refractivity contribution in [2.45, 2.75) is 5.51 Å². The molecule has 0 amide bonds. The van der Waals surface area contributed by atoms with Crippen molar-refractivity contribution in [3.63, 3.8) is 0 Å². The van der Waals surface area contributed by atoms with Gasteiger partial charge in [0, 0.05) is 0 Å². The SMILES string of the molecule is O=S(=O)(Oc1ccccc1)C(F)(F)F.S. The summed E-state index contributed by atoms with van der Waals surface area (Å²) < 4.78 is 60.2. The topological polar surface area (TPSA) is 43.4 Å². The molecule has 8 heteroatoms. The summed E-state index contributed by atoms with van der Waals surface area (Å²) in [5.41, 5.74) is -5.40. The molecule has 0 fully saturated rings. The van der Waals surface area contributed by atoms with E-state index in [1.54, 1.807) is 0 Å². The molecule has 0 radical (unpaired) electrons. The van der Waals surface area contributed by atoms with Crippen LogP contribution in [0.15, 0.2) is 30.3 Å². The van der Waals surface area contributed by atoms with Crippen LogP contribution in [0.1, 0.15) is 0 Å². The van der Waals surface area contributed by atoms with Crippen molar-refractivity contribution in [1.82, 2.24) is 0 Å². The van der Waals surface area contributed by atoms with Crippen LogP contribution < -0.4 is 4.18 Å². The van der Waals surface area contributed by atoms with E-state index < -0.39 is 15.6 Å². The molecule has 0 spiro atoms. The fraction of sp³-hybridized carbons (Fsp3) is 0.143. The van der Waals surface area contributed by atoms with Gasteiger partial charge in [-0.15, -0.1) is 0 Å². The number of alkyl halides is 3. The molecular weight excluding hydrogens is 253 g/mol. The maximum atomic E-state index is 11.8. The molecule has 1 rings (SSSR count). The van der Waals surface area contributed by atoms with Gasteiger partial charge >= 0.3 is 15.6 Å². The highest BCUT2D eigenvalue weighted by Gasteiger charge is 2.48. The average Bonchev–Trinajstić information content (AvgIpc) is 2.03. The largest absolute Gasteiger partial charge is 0.534 e. The van der Waals surface area contributed by atoms with Crippen molar-refractivity contribution in [2.75, 3.05) is 0 Å². The van der Waals surface area contributed by atoms with Crippen molar-refractivity contribution in [2.24, 2.45) is 0 Å². The highest BCUT2D eigenvalue weighted by molar-refractivity contribution is 7.87. The molecule has 0 N–H and O–H groups in total. The summed E-state index contributed by atoms with van der Waals surface area (Å²) in [5.74, 6) is -0.371. The first-order valence-electron chi connectivity index (χ1n) is 3.39. The Labute approximate surface area is 91.4 Å². The summed E-state index contributed by atoms with van der Waals surface area (Å²) in [4.78, 5) is 0. The highest BCUT2D eigenvalue weighted by atomic mass is 32.2. The summed E-state index contributed by atoms with van der Waals surface area (Å²) in [6.45, 7) is 0. The Morgan fingerprint density at radius 3 is 1.93 bits per heavy atom. The average molecular weight is 260 g/mol. The summed E-state index contributed by atoms with van der Waals surface area (Å²) in [6, 6.07) is 6.47. The van der Waals surface area contributed by atoms with E-state index in [1.807, 2.05) is 0 Å². The second-order valence-corrected chi connectivity index (χ2v) is 3.83. The third-order valence-electron chi connectivity index (χ3n) is 1.23. The quantitative estimate of drug-likeness (QED) is 0.603. The normalized spacial score (nSPS) is 11.7. The molecule has 1 aromatic carbocycles. The standard InChI is InChI=1S/C7H5F3O3S.H2S/c8-7(9,10)14(11,12)13-6-4-2-1-3-5-6;/h1-5H;1H2. The number of hydrogen-bond acceptors (Lipinski definition) is 3. The molecule has 0 aliphatic heterocycles. The van der Waals surface area contributed by atoms with Gasteiger partial charge in [0.05, 0.1) is 0 Å². The van der Waals surface area contributed by atoms with Crippen molar-refractivity contribution >= 4 is 23.6 Å². The zero-order valence-corrected chi connectivity index (χ0v) is 8.97. The molecule has 0 saturated carbocycles. The summed E-state index contributed by atoms with van der Waals surface area (Å²) in [5, 5.41) is 0. The predicted molar refractivity (Wildman–Crippen MR) is 52.4 cm³/mol. The molecule has 0 unspecified atom stereocenters. The molecule has 15 heavy (non-hydrogen) atoms. The van der Waals surface area contributed by atoms with Gasteiger partial charge < -0.3 is 4.18 Å². The third-order valence-corrected chi connectivity index (χ3v) is 2.21. The monoisotopic (exact) mass is 260 g/mol. The molecular formula is C7H7F3O3S2. The summed E-state index contributed by atoms with van der Waals surface area (Å²) in [7, 11) is -5.55. The second-order valence-electron chi connectivity index (χ2n) is 2.30. The Hall–Kier alpha value is -0.890. The molecule has 3 nitrogen and oxygen atoms in total. The first kappa shape index (κ1) is 14.1. The minimum absolute atomic E-state index is 0. The van der Waals surface area contributed by atoms with Gasteiger partial charge in [0.25, 0.3) is 0 Å². The minimum atomic E-state index is -5.55. The zero-order valence-electron chi connectivity index (χ0n) is 7.15. The number of benzene rings is 1. The maximum Gasteiger partial charge on any atom is 0.534 e. The Bertz CT molecular complexity index is 399. The Balaban J connectivity index is 0.00000196. The summed E-state index contributed by atoms with van der Waals surface area (Å²) in [6.07, 6.45) is 0. The molecule has 0 aromatic heterocycles. The van der Waals surface area contributed by atoms with Gasteiger partial charge in [-0.05, 0) is 12.1 Å². The highest BCUT2D eigenvalue weighted by Crippen LogP contribution is 2.26. The third kappa shape index (κ3) is 3.63. The van der Waals surface area contributed by atoms with Gasteiger partial charge in [-0.2, -0.15) is 35.1 Å². The van der Waals surface area contributed by atoms with Crippen LogP contribution in [0, 0.1) is 0 Å². The number of hydrogen-bond donors (Lipinski definition) is 0. The molecule has 0 heterocycles. The summed E-state index contributed by atoms with van der Waals surface area (Å²) >= 11 is 0. The molecule has 1 aromatic rings. The molecule has 0 atom stereocenters. The molecule has 86 valence electrons. The van der Waals surface area contributed by atoms with E-state index in [1.165, 1.54) is 18.2 Å². The zero-order chi connectivity index (χ0) is 10.8. The van der Waals surface area contributed by atoms with E-state index in [0.717, 1.165) is 12.1 Å². The maximum absolute atomic E-state index is 11.8. The first-order valence-corrected chi connectivity index (χ1v) is 4.79. The van der Waals surface area contributed by atoms with Gasteiger partial charge in [-0.1, -0.05) is 18.2 Å². The van der Waals surface area contributed by atoms with Crippen molar-refractivity contribution in [1.29, 1.82) is 0 Å². The molecule has 0 aliphatic carbocycles. The van der Waals surface area contributed by atoms with E-state index in [9.17, 15) is 21.6 Å². The smallest absolute Gasteiger partial charge is 0.376 e. The lowest BCUT2D eigenvalue weighted by atomic mass is 10.3. The van der Waals surface area contributed by atoms with Gasteiger partial charge in [-0.3, -0.25) is 0 Å². The number of halogens is 3. The van der Waals surface area contributed by atoms with Crippen LogP contribution in [0.25, 0.3) is 0 Å². The van der Waals surface area contributed by atoms with Crippen LogP contribution in [-0.2, 0) is 10.1 Å². The van der Waals surface area contributed by atoms with Crippen molar-refractivity contribution < 1.29 is 25.8 Å². The lowest BCUT2D eigenvalue weighted by Crippen LogP contribution is -2.27. The van der Waals surface area contributed by atoms with Gasteiger partial charge in [0.2, 0.25) is 0 Å². The van der Waals surface area contributed by atoms with Crippen molar-refractivity contribution in [3.8, 4) is 5.75 Å². The molecule has 0 aliphatic rings. The van der Waals surface area contributed by atoms with Crippen LogP contribution in [0.2, 0.25) is 0 Å². The van der Waals surface area contributed by atoms with Gasteiger partial charge in [0.1, 0.15) is 5.75 Å². The Morgan fingerprint density at radius 1 is 1.07 bits per heavy atom. The van der Waals surface area contributed by atoms with Crippen LogP contribution >= 0.6 is 13.5 Å². The van der Waals surface area contributed by atoms with Crippen LogP contribution in [0.4, 0.5) is 13.2 Å². The van der Waals surface area contributed by atoms with E-state index in [2.05, 4.69) is 4.18 Å². The second kappa shape index (κ2) is 4.75. The number of para-hydroxylation sites is 1. The van der Waals surface area contributed by atoms with Gasteiger partial charge in [0.15, 0.2) is 0 Å². The van der Waals surface area contributed by atoms with Gasteiger partial charge in [-0.25, -0.2) is 0 Å². The van der Waals surface area contributed by atoms with E-state index >= 15 is 0 Å². The number of rotatable bonds is 2. The first-order chi connectivity index (χ1) is 6.33. The van der Waals surface area contributed by atoms with Crippen molar-refractivity contribution in [3.05, 3.63) is 30.3 Å². The van der Waals surface area contributed by atoms with E-state index in [4.69, 9.17) is 0 Å². The Kier molecular flexibility index (Phi) is 4.47. The molecule has 0 bridgehead atoms. The lowest BCUT2D eigenvalue weighted by molar-refractivity contribution is -0.0500. The molecule has 0 saturated heterocycles. The fourth-order valence-corrected chi connectivity index (χ4v) is 1.11. The Morgan fingerprint density at radius 2 is 1.53 bits per heavy atom. The lowest BCUT2D eigenvalue weighted by Gasteiger charge is -2.08. The predicted octanol–water partition coefficient (Wildman–Crippen LogP) is 2.03.